The van der Waals surface area contributed by atoms with E-state index in [9.17, 15) is 0 Å². The van der Waals surface area contributed by atoms with Crippen molar-refractivity contribution in [1.29, 1.82) is 0 Å². The molecule has 0 bridgehead atoms. The molecule has 2 heteroatoms. The molecule has 2 unspecified atom stereocenters. The molecule has 0 amide bonds. The maximum absolute atomic E-state index is 5.23. The zero-order chi connectivity index (χ0) is 11.2. The van der Waals surface area contributed by atoms with Crippen molar-refractivity contribution in [3.63, 3.8) is 0 Å². The van der Waals surface area contributed by atoms with Crippen molar-refractivity contribution in [2.75, 3.05) is 6.54 Å². The second kappa shape index (κ2) is 5.90. The molecule has 1 aliphatic carbocycles. The van der Waals surface area contributed by atoms with Gasteiger partial charge in [-0.15, -0.1) is 0 Å². The molecule has 1 aromatic heterocycles. The van der Waals surface area contributed by atoms with E-state index in [1.165, 1.54) is 25.7 Å². The van der Waals surface area contributed by atoms with Crippen molar-refractivity contribution in [1.82, 2.24) is 5.32 Å². The van der Waals surface area contributed by atoms with E-state index in [1.54, 1.807) is 6.26 Å². The molecule has 1 N–H and O–H groups in total. The van der Waals surface area contributed by atoms with Crippen LogP contribution < -0.4 is 5.32 Å². The number of nitrogens with one attached hydrogen (secondary N) is 1. The second-order valence-electron chi connectivity index (χ2n) is 4.69. The van der Waals surface area contributed by atoms with Crippen LogP contribution >= 0.6 is 0 Å². The highest BCUT2D eigenvalue weighted by molar-refractivity contribution is 5.42. The van der Waals surface area contributed by atoms with Crippen LogP contribution in [-0.4, -0.2) is 12.6 Å². The average molecular weight is 219 g/mol. The van der Waals surface area contributed by atoms with Crippen LogP contribution in [0.5, 0.6) is 0 Å². The molecule has 16 heavy (non-hydrogen) atoms. The summed E-state index contributed by atoms with van der Waals surface area (Å²) in [6, 6.07) is 4.59. The molecule has 2 nitrogen and oxygen atoms in total. The topological polar surface area (TPSA) is 25.2 Å². The molecule has 1 aromatic rings. The Morgan fingerprint density at radius 3 is 3.06 bits per heavy atom. The third-order valence-electron chi connectivity index (χ3n) is 3.43. The van der Waals surface area contributed by atoms with Crippen LogP contribution in [0.3, 0.4) is 0 Å². The van der Waals surface area contributed by atoms with Crippen molar-refractivity contribution >= 4 is 6.08 Å². The van der Waals surface area contributed by atoms with E-state index in [0.717, 1.165) is 18.2 Å². The van der Waals surface area contributed by atoms with Gasteiger partial charge in [-0.2, -0.15) is 0 Å². The van der Waals surface area contributed by atoms with Crippen molar-refractivity contribution < 1.29 is 4.42 Å². The predicted molar refractivity (Wildman–Crippen MR) is 67.2 cm³/mol. The summed E-state index contributed by atoms with van der Waals surface area (Å²) in [4.78, 5) is 0. The summed E-state index contributed by atoms with van der Waals surface area (Å²) in [5, 5.41) is 3.61. The predicted octanol–water partition coefficient (Wildman–Crippen LogP) is 3.46. The summed E-state index contributed by atoms with van der Waals surface area (Å²) in [5.41, 5.74) is 0. The molecule has 1 saturated carbocycles. The lowest BCUT2D eigenvalue weighted by Gasteiger charge is -2.29. The molecule has 1 aliphatic rings. The molecule has 2 rings (SSSR count). The molecule has 0 spiro atoms. The Morgan fingerprint density at radius 2 is 2.31 bits per heavy atom. The Bertz CT molecular complexity index is 315. The van der Waals surface area contributed by atoms with Gasteiger partial charge < -0.3 is 9.73 Å². The highest BCUT2D eigenvalue weighted by atomic mass is 16.3. The molecule has 0 saturated heterocycles. The van der Waals surface area contributed by atoms with Crippen LogP contribution in [0.4, 0.5) is 0 Å². The van der Waals surface area contributed by atoms with Crippen molar-refractivity contribution in [2.24, 2.45) is 5.92 Å². The van der Waals surface area contributed by atoms with Gasteiger partial charge in [0.15, 0.2) is 0 Å². The fraction of sp³-hybridized carbons (Fsp3) is 0.571. The Morgan fingerprint density at radius 1 is 1.44 bits per heavy atom. The minimum absolute atomic E-state index is 0.704. The fourth-order valence-corrected chi connectivity index (χ4v) is 2.40. The third-order valence-corrected chi connectivity index (χ3v) is 3.43. The number of hydrogen-bond acceptors (Lipinski definition) is 2. The highest BCUT2D eigenvalue weighted by Crippen LogP contribution is 2.23. The first-order chi connectivity index (χ1) is 7.86. The van der Waals surface area contributed by atoms with Gasteiger partial charge >= 0.3 is 0 Å². The van der Waals surface area contributed by atoms with E-state index in [0.29, 0.717) is 6.04 Å². The normalized spacial score (nSPS) is 26.3. The molecular weight excluding hydrogens is 198 g/mol. The molecular formula is C14H21NO. The standard InChI is InChI=1S/C14H21NO/c1-12-6-2-3-9-14(12)15-10-4-7-13-8-5-11-16-13/h4-5,7-8,11-12,14-15H,2-3,6,9-10H2,1H3/b7-4+. The summed E-state index contributed by atoms with van der Waals surface area (Å²) in [5.74, 6) is 1.75. The maximum Gasteiger partial charge on any atom is 0.126 e. The van der Waals surface area contributed by atoms with Gasteiger partial charge in [-0.25, -0.2) is 0 Å². The smallest absolute Gasteiger partial charge is 0.126 e. The lowest BCUT2D eigenvalue weighted by Crippen LogP contribution is -2.37. The van der Waals surface area contributed by atoms with Gasteiger partial charge in [0.2, 0.25) is 0 Å². The molecule has 0 aromatic carbocycles. The van der Waals surface area contributed by atoms with Crippen LogP contribution in [0, 0.1) is 5.92 Å². The van der Waals surface area contributed by atoms with E-state index in [2.05, 4.69) is 18.3 Å². The summed E-state index contributed by atoms with van der Waals surface area (Å²) in [6.07, 6.45) is 11.4. The zero-order valence-electron chi connectivity index (χ0n) is 9.99. The highest BCUT2D eigenvalue weighted by Gasteiger charge is 2.19. The maximum atomic E-state index is 5.23. The Hall–Kier alpha value is -1.02. The summed E-state index contributed by atoms with van der Waals surface area (Å²) < 4.78 is 5.23. The van der Waals surface area contributed by atoms with Gasteiger partial charge in [0.1, 0.15) is 5.76 Å². The number of hydrogen-bond donors (Lipinski definition) is 1. The Labute approximate surface area is 97.7 Å². The number of furan rings is 1. The summed E-state index contributed by atoms with van der Waals surface area (Å²) in [7, 11) is 0. The molecule has 88 valence electrons. The van der Waals surface area contributed by atoms with Crippen LogP contribution in [0.15, 0.2) is 28.9 Å². The van der Waals surface area contributed by atoms with Crippen LogP contribution in [-0.2, 0) is 0 Å². The lowest BCUT2D eigenvalue weighted by molar-refractivity contribution is 0.288. The minimum Gasteiger partial charge on any atom is -0.465 e. The Kier molecular flexibility index (Phi) is 4.23. The van der Waals surface area contributed by atoms with Crippen LogP contribution in [0.25, 0.3) is 6.08 Å². The molecule has 0 aliphatic heterocycles. The summed E-state index contributed by atoms with van der Waals surface area (Å²) >= 11 is 0. The lowest BCUT2D eigenvalue weighted by atomic mass is 9.86. The van der Waals surface area contributed by atoms with E-state index in [1.807, 2.05) is 18.2 Å². The fourth-order valence-electron chi connectivity index (χ4n) is 2.40. The molecule has 0 radical (unpaired) electrons. The Balaban J connectivity index is 1.71. The molecule has 1 heterocycles. The van der Waals surface area contributed by atoms with Gasteiger partial charge in [0.25, 0.3) is 0 Å². The van der Waals surface area contributed by atoms with E-state index in [4.69, 9.17) is 4.42 Å². The first kappa shape index (κ1) is 11.5. The first-order valence-electron chi connectivity index (χ1n) is 6.29. The van der Waals surface area contributed by atoms with Gasteiger partial charge in [-0.1, -0.05) is 25.8 Å². The number of rotatable bonds is 4. The van der Waals surface area contributed by atoms with Crippen LogP contribution in [0.2, 0.25) is 0 Å². The summed E-state index contributed by atoms with van der Waals surface area (Å²) in [6.45, 7) is 3.29. The zero-order valence-corrected chi connectivity index (χ0v) is 9.99. The molecule has 2 atom stereocenters. The first-order valence-corrected chi connectivity index (χ1v) is 6.29. The minimum atomic E-state index is 0.704. The SMILES string of the molecule is CC1CCCCC1NC/C=C/c1ccco1. The quantitative estimate of drug-likeness (QED) is 0.839. The van der Waals surface area contributed by atoms with Crippen molar-refractivity contribution in [3.05, 3.63) is 30.2 Å². The van der Waals surface area contributed by atoms with Crippen molar-refractivity contribution in [3.8, 4) is 0 Å². The van der Waals surface area contributed by atoms with Gasteiger partial charge in [0, 0.05) is 12.6 Å². The largest absolute Gasteiger partial charge is 0.465 e. The van der Waals surface area contributed by atoms with Gasteiger partial charge in [0.05, 0.1) is 6.26 Å². The average Bonchev–Trinajstić information content (AvgIpc) is 2.79. The van der Waals surface area contributed by atoms with Gasteiger partial charge in [-0.3, -0.25) is 0 Å². The third kappa shape index (κ3) is 3.24. The monoisotopic (exact) mass is 219 g/mol. The molecule has 1 fully saturated rings. The van der Waals surface area contributed by atoms with Gasteiger partial charge in [-0.05, 0) is 37.0 Å². The van der Waals surface area contributed by atoms with Crippen molar-refractivity contribution in [2.45, 2.75) is 38.6 Å². The van der Waals surface area contributed by atoms with Crippen LogP contribution in [0.1, 0.15) is 38.4 Å². The second-order valence-corrected chi connectivity index (χ2v) is 4.69. The van der Waals surface area contributed by atoms with E-state index in [-0.39, 0.29) is 0 Å². The van der Waals surface area contributed by atoms with E-state index < -0.39 is 0 Å². The van der Waals surface area contributed by atoms with E-state index >= 15 is 0 Å².